The van der Waals surface area contributed by atoms with E-state index in [0.29, 0.717) is 5.75 Å². The van der Waals surface area contributed by atoms with Crippen LogP contribution in [0.15, 0.2) is 217 Å². The number of para-hydroxylation sites is 6. The van der Waals surface area contributed by atoms with Crippen molar-refractivity contribution in [2.45, 2.75) is 0 Å². The van der Waals surface area contributed by atoms with Crippen molar-refractivity contribution in [1.29, 1.82) is 0 Å². The Morgan fingerprint density at radius 1 is 0.429 bits per heavy atom. The molecule has 4 aromatic heterocycles. The fourth-order valence-corrected chi connectivity index (χ4v) is 10.6. The molecule has 0 aliphatic heterocycles. The van der Waals surface area contributed by atoms with Gasteiger partial charge in [0, 0.05) is 70.3 Å². The van der Waals surface area contributed by atoms with Gasteiger partial charge in [-0.2, -0.15) is 49.2 Å². The number of methoxy groups -OCH3 is 1. The van der Waals surface area contributed by atoms with Crippen LogP contribution >= 0.6 is 22.7 Å². The van der Waals surface area contributed by atoms with Crippen LogP contribution in [0.2, 0.25) is 0 Å². The maximum absolute atomic E-state index is 11.1. The van der Waals surface area contributed by atoms with Gasteiger partial charge >= 0.3 is 0 Å². The number of aliphatic hydroxyl groups is 2. The number of hydrogen-bond acceptors (Lipinski definition) is 4. The molecule has 0 radical (unpaired) electrons. The second-order valence-corrected chi connectivity index (χ2v) is 17.7. The fraction of sp³-hybridized carbons (Fsp3) is 0.0492. The zero-order valence-corrected chi connectivity index (χ0v) is 44.4. The van der Waals surface area contributed by atoms with E-state index in [0.717, 1.165) is 71.7 Å². The van der Waals surface area contributed by atoms with Gasteiger partial charge in [-0.05, 0) is 36.4 Å². The molecule has 0 saturated heterocycles. The first-order chi connectivity index (χ1) is 33.9. The Balaban J connectivity index is 0.000000146. The minimum absolute atomic E-state index is 0. The molecule has 0 aliphatic rings. The third kappa shape index (κ3) is 10.0. The summed E-state index contributed by atoms with van der Waals surface area (Å²) in [5, 5.41) is 20.2. The van der Waals surface area contributed by atoms with Crippen LogP contribution in [-0.4, -0.2) is 45.0 Å². The smallest absolute Gasteiger partial charge is 0.263 e. The maximum Gasteiger partial charge on any atom is 0.263 e. The van der Waals surface area contributed by atoms with Crippen molar-refractivity contribution < 1.29 is 45.2 Å². The summed E-state index contributed by atoms with van der Waals surface area (Å²) in [6.45, 7) is 7.44. The molecule has 0 saturated carbocycles. The molecule has 0 aliphatic carbocycles. The Morgan fingerprint density at radius 2 is 0.757 bits per heavy atom. The van der Waals surface area contributed by atoms with Gasteiger partial charge in [0.25, 0.3) is 11.5 Å². The predicted octanol–water partition coefficient (Wildman–Crippen LogP) is 16.2. The number of nitrogens with zero attached hydrogens (tertiary/aromatic N) is 2. The van der Waals surface area contributed by atoms with E-state index in [9.17, 15) is 5.11 Å². The molecule has 0 amide bonds. The number of aromatic hydroxyl groups is 3. The van der Waals surface area contributed by atoms with Crippen molar-refractivity contribution in [3.63, 3.8) is 0 Å². The third-order valence-corrected chi connectivity index (χ3v) is 13.8. The van der Waals surface area contributed by atoms with Gasteiger partial charge in [-0.25, -0.2) is 0 Å². The van der Waals surface area contributed by atoms with E-state index >= 15 is 0 Å². The molecule has 0 unspecified atom stereocenters. The second kappa shape index (κ2) is 22.8. The number of aromatic nitrogens is 2. The van der Waals surface area contributed by atoms with E-state index < -0.39 is 0 Å². The summed E-state index contributed by atoms with van der Waals surface area (Å²) in [4.78, 5) is 1.94. The molecular weight excluding hydrogens is 1070 g/mol. The van der Waals surface area contributed by atoms with Gasteiger partial charge in [0.15, 0.2) is 25.7 Å². The maximum atomic E-state index is 11.1. The normalized spacial score (nSPS) is 10.6. The Kier molecular flexibility index (Phi) is 16.0. The van der Waals surface area contributed by atoms with Gasteiger partial charge < -0.3 is 28.5 Å². The molecule has 8 aromatic carbocycles. The summed E-state index contributed by atoms with van der Waals surface area (Å²) >= 11 is 3.24. The summed E-state index contributed by atoms with van der Waals surface area (Å²) in [7, 11) is 5.35. The summed E-state index contributed by atoms with van der Waals surface area (Å²) in [5.41, 5.74) is 10.6. The van der Waals surface area contributed by atoms with E-state index in [2.05, 4.69) is 129 Å². The molecular formula is C61H52HfN2O4S2. The van der Waals surface area contributed by atoms with Gasteiger partial charge in [-0.15, -0.1) is 46.9 Å². The summed E-state index contributed by atoms with van der Waals surface area (Å²) in [5.74, 6) is 3.02. The van der Waals surface area contributed by atoms with Crippen molar-refractivity contribution in [1.82, 2.24) is 9.13 Å². The standard InChI is InChI=1S/C24H19NO2S.C23H17NO2S.2C7H7.Hf/c1-26-22-14-8-5-11-18(22)24-23(27-2)21(15-28-24)25-19-12-6-3-9-16(19)17-10-4-7-13-20(17)25;1-26-21-13-7-4-10-17(21)23-22(25)20(14-27-23)24-18-11-5-2-8-15(18)16-9-3-6-12-19(16)24;2*1-7-5-3-2-4-6-7;/h3-15H,1-2H3;2-14,25H,1H3;2*2-6H,1H2;/q;;2*-1;/p+2. The van der Waals surface area contributed by atoms with Crippen LogP contribution in [0.4, 0.5) is 0 Å². The number of hydrogen-bond donors (Lipinski definition) is 1. The summed E-state index contributed by atoms with van der Waals surface area (Å²) < 4.78 is 19.2. The number of benzene rings is 8. The Labute approximate surface area is 436 Å². The van der Waals surface area contributed by atoms with E-state index in [4.69, 9.17) is 4.74 Å². The van der Waals surface area contributed by atoms with Crippen molar-refractivity contribution in [2.24, 2.45) is 0 Å². The summed E-state index contributed by atoms with van der Waals surface area (Å²) in [6.07, 6.45) is 0. The van der Waals surface area contributed by atoms with Gasteiger partial charge in [0.2, 0.25) is 0 Å². The molecule has 3 N–H and O–H groups in total. The zero-order valence-electron chi connectivity index (χ0n) is 39.2. The minimum atomic E-state index is 0. The topological polar surface area (TPSA) is 64.9 Å². The number of fused-ring (bicyclic) bond motifs is 6. The van der Waals surface area contributed by atoms with E-state index in [-0.39, 0.29) is 25.8 Å². The van der Waals surface area contributed by atoms with Crippen LogP contribution in [0.25, 0.3) is 75.9 Å². The summed E-state index contributed by atoms with van der Waals surface area (Å²) in [6, 6.07) is 69.5. The molecule has 70 heavy (non-hydrogen) atoms. The molecule has 0 fully saturated rings. The van der Waals surface area contributed by atoms with Crippen LogP contribution in [0.1, 0.15) is 11.1 Å². The van der Waals surface area contributed by atoms with Crippen LogP contribution < -0.4 is 4.74 Å². The van der Waals surface area contributed by atoms with Crippen molar-refractivity contribution >= 4 is 66.3 Å². The largest absolute Gasteiger partial charge is 0.584 e. The fourth-order valence-electron chi connectivity index (χ4n) is 8.61. The molecule has 12 aromatic rings. The van der Waals surface area contributed by atoms with Crippen LogP contribution in [-0.2, 0) is 25.8 Å². The van der Waals surface area contributed by atoms with Crippen molar-refractivity contribution in [3.05, 3.63) is 242 Å². The number of thiophene rings is 2. The third-order valence-electron chi connectivity index (χ3n) is 11.8. The molecule has 12 rings (SSSR count). The molecule has 0 bridgehead atoms. The second-order valence-electron chi connectivity index (χ2n) is 16.0. The molecule has 4 heterocycles. The zero-order chi connectivity index (χ0) is 47.7. The van der Waals surface area contributed by atoms with Crippen LogP contribution in [0, 0.1) is 13.8 Å². The van der Waals surface area contributed by atoms with E-state index in [1.165, 1.54) is 32.6 Å². The van der Waals surface area contributed by atoms with Gasteiger partial charge in [0.1, 0.15) is 5.69 Å². The Bertz CT molecular complexity index is 3490. The minimum Gasteiger partial charge on any atom is -0.584 e. The predicted molar refractivity (Wildman–Crippen MR) is 293 cm³/mol. The van der Waals surface area contributed by atoms with Crippen molar-refractivity contribution in [3.8, 4) is 55.3 Å². The monoisotopic (exact) mass is 1120 g/mol. The first-order valence-electron chi connectivity index (χ1n) is 22.5. The molecule has 6 nitrogen and oxygen atoms in total. The van der Waals surface area contributed by atoms with Gasteiger partial charge in [0.05, 0.1) is 55.7 Å². The molecule has 9 heteroatoms. The number of rotatable bonds is 7. The van der Waals surface area contributed by atoms with E-state index in [1.807, 2.05) is 128 Å². The number of ether oxygens (including phenoxy) is 3. The Hall–Kier alpha value is -7.43. The SMILES string of the molecule is COc1c(-n2c3ccccc3c3ccccc32)csc1-c1ccccc1[OH+]C.C[OH+]c1ccccc1-c1scc(-n2c3ccccc3c3ccccc32)c1O.[CH2-]c1ccccc1.[CH2-]c1ccccc1.[Hf]. The Morgan fingerprint density at radius 3 is 1.14 bits per heavy atom. The quantitative estimate of drug-likeness (QED) is 0.0982. The molecule has 0 atom stereocenters. The van der Waals surface area contributed by atoms with Crippen molar-refractivity contribution in [2.75, 3.05) is 21.3 Å². The average Bonchev–Trinajstić information content (AvgIpc) is 4.17. The first kappa shape index (κ1) is 49.0. The molecule has 0 spiro atoms. The molecule has 346 valence electrons. The first-order valence-corrected chi connectivity index (χ1v) is 24.2. The van der Waals surface area contributed by atoms with Crippen LogP contribution in [0.3, 0.4) is 0 Å². The van der Waals surface area contributed by atoms with Gasteiger partial charge in [-0.1, -0.05) is 109 Å². The van der Waals surface area contributed by atoms with Gasteiger partial charge in [-0.3, -0.25) is 0 Å². The van der Waals surface area contributed by atoms with Crippen LogP contribution in [0.5, 0.6) is 23.0 Å². The van der Waals surface area contributed by atoms with E-state index in [1.54, 1.807) is 36.9 Å². The average molecular weight is 1120 g/mol.